The molecule has 11 heteroatoms. The number of halogens is 1. The second kappa shape index (κ2) is 9.06. The van der Waals surface area contributed by atoms with Crippen molar-refractivity contribution in [2.45, 2.75) is 0 Å². The number of alkyl halides is 1. The number of hydrogen-bond acceptors (Lipinski definition) is 8. The maximum Gasteiger partial charge on any atom is 0.302 e. The van der Waals surface area contributed by atoms with E-state index in [-0.39, 0.29) is 22.8 Å². The van der Waals surface area contributed by atoms with Crippen molar-refractivity contribution in [2.75, 3.05) is 38.7 Å². The number of hydrogen-bond donors (Lipinski definition) is 0. The van der Waals surface area contributed by atoms with Gasteiger partial charge in [0.15, 0.2) is 5.21 Å². The van der Waals surface area contributed by atoms with Gasteiger partial charge in [0.05, 0.1) is 30.9 Å². The van der Waals surface area contributed by atoms with Crippen LogP contribution >= 0.6 is 11.6 Å². The van der Waals surface area contributed by atoms with Crippen molar-refractivity contribution >= 4 is 44.3 Å². The van der Waals surface area contributed by atoms with E-state index in [0.29, 0.717) is 36.3 Å². The van der Waals surface area contributed by atoms with E-state index < -0.39 is 27.1 Å². The fraction of sp³-hybridized carbons (Fsp3) is 0.333. The van der Waals surface area contributed by atoms with Gasteiger partial charge in [-0.2, -0.15) is 8.42 Å². The highest BCUT2D eigenvalue weighted by molar-refractivity contribution is 7.87. The van der Waals surface area contributed by atoms with Crippen molar-refractivity contribution < 1.29 is 36.5 Å². The standard InChI is InChI=1S/C18H18ClNO8S/c1-25-7-8-26-9-10-27-15-6-5-14-16-12(15)3-2-4-13(16)17(21)20(18(14)22)28-29(23,24)11-19/h2-6H,7-11H2,1H3. The Morgan fingerprint density at radius 2 is 1.66 bits per heavy atom. The molecule has 0 fully saturated rings. The molecule has 0 N–H and O–H groups in total. The number of carbonyl (C=O) groups is 2. The quantitative estimate of drug-likeness (QED) is 0.311. The minimum atomic E-state index is -4.28. The zero-order valence-corrected chi connectivity index (χ0v) is 17.0. The largest absolute Gasteiger partial charge is 0.491 e. The first-order valence-corrected chi connectivity index (χ1v) is 10.6. The van der Waals surface area contributed by atoms with Gasteiger partial charge >= 0.3 is 10.1 Å². The van der Waals surface area contributed by atoms with Crippen molar-refractivity contribution in [3.8, 4) is 5.75 Å². The summed E-state index contributed by atoms with van der Waals surface area (Å²) in [5.74, 6) is -1.34. The average Bonchev–Trinajstić information content (AvgIpc) is 2.72. The summed E-state index contributed by atoms with van der Waals surface area (Å²) in [6.07, 6.45) is 0. The summed E-state index contributed by atoms with van der Waals surface area (Å²) in [4.78, 5) is 25.4. The third kappa shape index (κ3) is 4.51. The van der Waals surface area contributed by atoms with Gasteiger partial charge in [0, 0.05) is 17.9 Å². The van der Waals surface area contributed by atoms with Gasteiger partial charge in [-0.05, 0) is 18.2 Å². The Morgan fingerprint density at radius 3 is 2.34 bits per heavy atom. The molecule has 0 saturated carbocycles. The number of benzene rings is 2. The van der Waals surface area contributed by atoms with Crippen LogP contribution in [-0.2, 0) is 23.9 Å². The number of ether oxygens (including phenoxy) is 3. The molecule has 0 radical (unpaired) electrons. The normalized spacial score (nSPS) is 13.9. The highest BCUT2D eigenvalue weighted by Gasteiger charge is 2.37. The summed E-state index contributed by atoms with van der Waals surface area (Å²) in [5, 5.41) is 0.209. The molecule has 0 unspecified atom stereocenters. The van der Waals surface area contributed by atoms with E-state index in [2.05, 4.69) is 4.28 Å². The summed E-state index contributed by atoms with van der Waals surface area (Å²) in [6.45, 7) is 1.51. The van der Waals surface area contributed by atoms with Crippen molar-refractivity contribution in [3.05, 3.63) is 41.5 Å². The minimum Gasteiger partial charge on any atom is -0.491 e. The first kappa shape index (κ1) is 21.5. The van der Waals surface area contributed by atoms with E-state index in [9.17, 15) is 18.0 Å². The molecule has 9 nitrogen and oxygen atoms in total. The van der Waals surface area contributed by atoms with Gasteiger partial charge < -0.3 is 14.2 Å². The third-order valence-electron chi connectivity index (χ3n) is 4.07. The highest BCUT2D eigenvalue weighted by Crippen LogP contribution is 2.35. The van der Waals surface area contributed by atoms with Crippen LogP contribution in [0.2, 0.25) is 0 Å². The van der Waals surface area contributed by atoms with Crippen molar-refractivity contribution in [2.24, 2.45) is 0 Å². The minimum absolute atomic E-state index is 0.115. The molecule has 0 aliphatic carbocycles. The molecular weight excluding hydrogens is 426 g/mol. The van der Waals surface area contributed by atoms with E-state index in [0.717, 1.165) is 0 Å². The molecular formula is C18H18ClNO8S. The van der Waals surface area contributed by atoms with Crippen LogP contribution < -0.4 is 4.74 Å². The van der Waals surface area contributed by atoms with Gasteiger partial charge in [-0.25, -0.2) is 0 Å². The lowest BCUT2D eigenvalue weighted by molar-refractivity contribution is -0.0151. The second-order valence-electron chi connectivity index (χ2n) is 5.94. The molecule has 0 spiro atoms. The molecule has 29 heavy (non-hydrogen) atoms. The molecule has 2 aromatic carbocycles. The van der Waals surface area contributed by atoms with Gasteiger partial charge in [-0.15, -0.1) is 20.9 Å². The van der Waals surface area contributed by atoms with Crippen molar-refractivity contribution in [3.63, 3.8) is 0 Å². The number of hydroxylamine groups is 2. The number of nitrogens with zero attached hydrogens (tertiary/aromatic N) is 1. The van der Waals surface area contributed by atoms with Crippen LogP contribution in [0, 0.1) is 0 Å². The molecule has 2 aromatic rings. The molecule has 0 atom stereocenters. The van der Waals surface area contributed by atoms with Crippen LogP contribution in [0.1, 0.15) is 20.7 Å². The van der Waals surface area contributed by atoms with Gasteiger partial charge in [0.25, 0.3) is 11.8 Å². The Morgan fingerprint density at radius 1 is 0.966 bits per heavy atom. The molecule has 1 aliphatic heterocycles. The van der Waals surface area contributed by atoms with Crippen LogP contribution in [0.5, 0.6) is 5.75 Å². The van der Waals surface area contributed by atoms with Gasteiger partial charge in [-0.1, -0.05) is 12.1 Å². The molecule has 0 saturated heterocycles. The van der Waals surface area contributed by atoms with E-state index in [1.807, 2.05) is 0 Å². The van der Waals surface area contributed by atoms with Crippen molar-refractivity contribution in [1.29, 1.82) is 0 Å². The Bertz CT molecular complexity index is 1020. The molecule has 0 aromatic heterocycles. The first-order valence-electron chi connectivity index (χ1n) is 8.52. The first-order chi connectivity index (χ1) is 13.9. The lowest BCUT2D eigenvalue weighted by atomic mass is 9.94. The predicted octanol–water partition coefficient (Wildman–Crippen LogP) is 1.94. The lowest BCUT2D eigenvalue weighted by Crippen LogP contribution is -2.41. The van der Waals surface area contributed by atoms with Crippen LogP contribution in [0.3, 0.4) is 0 Å². The molecule has 2 amide bonds. The predicted molar refractivity (Wildman–Crippen MR) is 103 cm³/mol. The number of carbonyl (C=O) groups excluding carboxylic acids is 2. The average molecular weight is 444 g/mol. The SMILES string of the molecule is COCCOCCOc1ccc2c3c(cccc13)C(=O)N(OS(=O)(=O)CCl)C2=O. The maximum atomic E-state index is 12.7. The van der Waals surface area contributed by atoms with Crippen LogP contribution in [0.15, 0.2) is 30.3 Å². The summed E-state index contributed by atoms with van der Waals surface area (Å²) in [5.41, 5.74) is 0.229. The molecule has 1 heterocycles. The second-order valence-corrected chi connectivity index (χ2v) is 8.08. The lowest BCUT2D eigenvalue weighted by Gasteiger charge is -2.25. The maximum absolute atomic E-state index is 12.7. The Labute approximate surface area is 172 Å². The highest BCUT2D eigenvalue weighted by atomic mass is 35.5. The number of rotatable bonds is 10. The van der Waals surface area contributed by atoms with E-state index >= 15 is 0 Å². The van der Waals surface area contributed by atoms with Crippen LogP contribution in [0.4, 0.5) is 0 Å². The monoisotopic (exact) mass is 443 g/mol. The van der Waals surface area contributed by atoms with E-state index in [1.54, 1.807) is 25.3 Å². The van der Waals surface area contributed by atoms with Gasteiger partial charge in [0.1, 0.15) is 12.4 Å². The molecule has 3 rings (SSSR count). The molecule has 0 bridgehead atoms. The summed E-state index contributed by atoms with van der Waals surface area (Å²) >= 11 is 5.30. The van der Waals surface area contributed by atoms with E-state index in [1.165, 1.54) is 12.1 Å². The summed E-state index contributed by atoms with van der Waals surface area (Å²) < 4.78 is 43.8. The fourth-order valence-electron chi connectivity index (χ4n) is 2.83. The fourth-order valence-corrected chi connectivity index (χ4v) is 3.35. The van der Waals surface area contributed by atoms with Crippen molar-refractivity contribution in [1.82, 2.24) is 5.06 Å². The van der Waals surface area contributed by atoms with Gasteiger partial charge in [-0.3, -0.25) is 9.59 Å². The number of methoxy groups -OCH3 is 1. The third-order valence-corrected chi connectivity index (χ3v) is 5.51. The van der Waals surface area contributed by atoms with E-state index in [4.69, 9.17) is 25.8 Å². The zero-order valence-electron chi connectivity index (χ0n) is 15.4. The van der Waals surface area contributed by atoms with Crippen LogP contribution in [-0.4, -0.2) is 64.0 Å². The number of imide groups is 1. The summed E-state index contributed by atoms with van der Waals surface area (Å²) in [7, 11) is -2.71. The zero-order chi connectivity index (χ0) is 21.0. The summed E-state index contributed by atoms with van der Waals surface area (Å²) in [6, 6.07) is 7.80. The number of amides is 2. The Hall–Kier alpha value is -2.24. The molecule has 156 valence electrons. The topological polar surface area (TPSA) is 108 Å². The smallest absolute Gasteiger partial charge is 0.302 e. The Kier molecular flexibility index (Phi) is 6.70. The van der Waals surface area contributed by atoms with Crippen LogP contribution in [0.25, 0.3) is 10.8 Å². The van der Waals surface area contributed by atoms with Gasteiger partial charge in [0.2, 0.25) is 0 Å². The Balaban J connectivity index is 1.89. The molecule has 1 aliphatic rings.